The Balaban J connectivity index is 2.04. The second-order valence-electron chi connectivity index (χ2n) is 5.12. The summed E-state index contributed by atoms with van der Waals surface area (Å²) < 4.78 is 27.5. The van der Waals surface area contributed by atoms with Gasteiger partial charge in [0, 0.05) is 33.6 Å². The molecule has 0 aliphatic heterocycles. The van der Waals surface area contributed by atoms with Gasteiger partial charge in [-0.25, -0.2) is 8.42 Å². The largest absolute Gasteiger partial charge is 0.492 e. The number of carbonyl (C=O) groups is 1. The average Bonchev–Trinajstić information content (AvgIpc) is 2.45. The number of hydrogen-bond acceptors (Lipinski definition) is 4. The summed E-state index contributed by atoms with van der Waals surface area (Å²) in [5.74, 6) is 0.0122. The molecule has 0 radical (unpaired) electrons. The molecule has 0 spiro atoms. The maximum absolute atomic E-state index is 12.2. The van der Waals surface area contributed by atoms with Crippen LogP contribution in [0.2, 0.25) is 10.0 Å². The molecule has 1 amide bonds. The van der Waals surface area contributed by atoms with Crippen LogP contribution in [0.15, 0.2) is 42.5 Å². The number of anilines is 1. The Morgan fingerprint density at radius 1 is 1.12 bits per heavy atom. The van der Waals surface area contributed by atoms with E-state index >= 15 is 0 Å². The van der Waals surface area contributed by atoms with E-state index in [-0.39, 0.29) is 18.3 Å². The Morgan fingerprint density at radius 2 is 1.79 bits per heavy atom. The van der Waals surface area contributed by atoms with E-state index in [0.29, 0.717) is 27.0 Å². The SMILES string of the molecule is CS(=O)(=O)CCOc1cccc(NC(=O)c2cc(Cl)cc(Cl)c2)c1. The Hall–Kier alpha value is -1.76. The van der Waals surface area contributed by atoms with Gasteiger partial charge >= 0.3 is 0 Å². The van der Waals surface area contributed by atoms with Gasteiger partial charge in [-0.1, -0.05) is 29.3 Å². The van der Waals surface area contributed by atoms with Crippen LogP contribution in [0.4, 0.5) is 5.69 Å². The van der Waals surface area contributed by atoms with E-state index in [9.17, 15) is 13.2 Å². The zero-order chi connectivity index (χ0) is 17.7. The molecular weight excluding hydrogens is 373 g/mol. The molecule has 0 atom stereocenters. The highest BCUT2D eigenvalue weighted by molar-refractivity contribution is 7.90. The number of carbonyl (C=O) groups excluding carboxylic acids is 1. The van der Waals surface area contributed by atoms with E-state index in [1.165, 1.54) is 18.2 Å². The second kappa shape index (κ2) is 7.88. The van der Waals surface area contributed by atoms with Crippen molar-refractivity contribution in [3.63, 3.8) is 0 Å². The Kier molecular flexibility index (Phi) is 6.10. The minimum atomic E-state index is -3.09. The molecule has 5 nitrogen and oxygen atoms in total. The van der Waals surface area contributed by atoms with Crippen LogP contribution in [0.1, 0.15) is 10.4 Å². The highest BCUT2D eigenvalue weighted by Gasteiger charge is 2.09. The van der Waals surface area contributed by atoms with Gasteiger partial charge in [0.25, 0.3) is 5.91 Å². The van der Waals surface area contributed by atoms with Crippen molar-refractivity contribution >= 4 is 44.6 Å². The maximum atomic E-state index is 12.2. The standard InChI is InChI=1S/C16H15Cl2NO4S/c1-24(21,22)6-5-23-15-4-2-3-14(10-15)19-16(20)11-7-12(17)9-13(18)8-11/h2-4,7-10H,5-6H2,1H3,(H,19,20). The molecule has 1 N–H and O–H groups in total. The lowest BCUT2D eigenvalue weighted by Gasteiger charge is -2.09. The van der Waals surface area contributed by atoms with Crippen LogP contribution in [0.3, 0.4) is 0 Å². The summed E-state index contributed by atoms with van der Waals surface area (Å²) in [6.45, 7) is 0.0418. The number of nitrogens with one attached hydrogen (secondary N) is 1. The fourth-order valence-corrected chi connectivity index (χ4v) is 2.77. The molecule has 0 aromatic heterocycles. The third kappa shape index (κ3) is 6.03. The molecule has 0 fully saturated rings. The Morgan fingerprint density at radius 3 is 2.42 bits per heavy atom. The first kappa shape index (κ1) is 18.6. The lowest BCUT2D eigenvalue weighted by atomic mass is 10.2. The van der Waals surface area contributed by atoms with Gasteiger partial charge in [-0.3, -0.25) is 4.79 Å². The van der Waals surface area contributed by atoms with Crippen LogP contribution >= 0.6 is 23.2 Å². The Labute approximate surface area is 150 Å². The molecule has 0 saturated carbocycles. The highest BCUT2D eigenvalue weighted by atomic mass is 35.5. The molecule has 2 rings (SSSR count). The zero-order valence-electron chi connectivity index (χ0n) is 12.8. The number of hydrogen-bond donors (Lipinski definition) is 1. The van der Waals surface area contributed by atoms with Crippen molar-refractivity contribution in [3.05, 3.63) is 58.1 Å². The van der Waals surface area contributed by atoms with Crippen LogP contribution in [-0.4, -0.2) is 32.9 Å². The summed E-state index contributed by atoms with van der Waals surface area (Å²) >= 11 is 11.8. The van der Waals surface area contributed by atoms with Crippen LogP contribution < -0.4 is 10.1 Å². The van der Waals surface area contributed by atoms with E-state index in [1.54, 1.807) is 24.3 Å². The minimum Gasteiger partial charge on any atom is -0.492 e. The van der Waals surface area contributed by atoms with Gasteiger partial charge in [-0.2, -0.15) is 0 Å². The first-order chi connectivity index (χ1) is 11.2. The smallest absolute Gasteiger partial charge is 0.255 e. The molecule has 2 aromatic rings. The topological polar surface area (TPSA) is 72.5 Å². The molecule has 24 heavy (non-hydrogen) atoms. The minimum absolute atomic E-state index is 0.0418. The van der Waals surface area contributed by atoms with Crippen molar-refractivity contribution in [2.45, 2.75) is 0 Å². The van der Waals surface area contributed by atoms with Gasteiger partial charge in [-0.05, 0) is 30.3 Å². The predicted octanol–water partition coefficient (Wildman–Crippen LogP) is 3.67. The quantitative estimate of drug-likeness (QED) is 0.820. The monoisotopic (exact) mass is 387 g/mol. The number of rotatable bonds is 6. The maximum Gasteiger partial charge on any atom is 0.255 e. The number of halogens is 2. The van der Waals surface area contributed by atoms with Crippen LogP contribution in [0.5, 0.6) is 5.75 Å². The zero-order valence-corrected chi connectivity index (χ0v) is 15.1. The third-order valence-electron chi connectivity index (χ3n) is 2.94. The molecule has 8 heteroatoms. The number of ether oxygens (including phenoxy) is 1. The summed E-state index contributed by atoms with van der Waals surface area (Å²) in [6.07, 6.45) is 1.14. The van der Waals surface area contributed by atoms with Gasteiger partial charge in [-0.15, -0.1) is 0 Å². The third-order valence-corrected chi connectivity index (χ3v) is 4.28. The van der Waals surface area contributed by atoms with Crippen LogP contribution in [0.25, 0.3) is 0 Å². The summed E-state index contributed by atoms with van der Waals surface area (Å²) in [4.78, 5) is 12.2. The van der Waals surface area contributed by atoms with Gasteiger partial charge < -0.3 is 10.1 Å². The molecule has 0 saturated heterocycles. The van der Waals surface area contributed by atoms with Crippen molar-refractivity contribution in [3.8, 4) is 5.75 Å². The van der Waals surface area contributed by atoms with Crippen molar-refractivity contribution < 1.29 is 17.9 Å². The first-order valence-electron chi connectivity index (χ1n) is 6.91. The molecule has 0 aliphatic carbocycles. The van der Waals surface area contributed by atoms with Gasteiger partial charge in [0.15, 0.2) is 9.84 Å². The first-order valence-corrected chi connectivity index (χ1v) is 9.73. The number of amides is 1. The second-order valence-corrected chi connectivity index (χ2v) is 8.25. The van der Waals surface area contributed by atoms with Gasteiger partial charge in [0.05, 0.1) is 5.75 Å². The molecule has 0 heterocycles. The number of sulfone groups is 1. The van der Waals surface area contributed by atoms with E-state index in [0.717, 1.165) is 6.26 Å². The molecule has 0 unspecified atom stereocenters. The molecule has 0 aliphatic rings. The van der Waals surface area contributed by atoms with Gasteiger partial charge in [0.2, 0.25) is 0 Å². The van der Waals surface area contributed by atoms with Crippen molar-refractivity contribution in [2.24, 2.45) is 0 Å². The average molecular weight is 388 g/mol. The molecule has 128 valence electrons. The predicted molar refractivity (Wildman–Crippen MR) is 96.1 cm³/mol. The summed E-state index contributed by atoms with van der Waals surface area (Å²) in [5.41, 5.74) is 0.837. The fourth-order valence-electron chi connectivity index (χ4n) is 1.86. The van der Waals surface area contributed by atoms with Crippen LogP contribution in [-0.2, 0) is 9.84 Å². The summed E-state index contributed by atoms with van der Waals surface area (Å²) in [7, 11) is -3.09. The lowest BCUT2D eigenvalue weighted by Crippen LogP contribution is -2.13. The molecule has 0 bridgehead atoms. The summed E-state index contributed by atoms with van der Waals surface area (Å²) in [6, 6.07) is 11.2. The normalized spacial score (nSPS) is 11.1. The molecular formula is C16H15Cl2NO4S. The highest BCUT2D eigenvalue weighted by Crippen LogP contribution is 2.21. The molecule has 2 aromatic carbocycles. The van der Waals surface area contributed by atoms with E-state index < -0.39 is 9.84 Å². The van der Waals surface area contributed by atoms with Crippen molar-refractivity contribution in [1.29, 1.82) is 0 Å². The Bertz CT molecular complexity index is 833. The van der Waals surface area contributed by atoms with Gasteiger partial charge in [0.1, 0.15) is 12.4 Å². The van der Waals surface area contributed by atoms with Crippen LogP contribution in [0, 0.1) is 0 Å². The number of benzene rings is 2. The van der Waals surface area contributed by atoms with E-state index in [4.69, 9.17) is 27.9 Å². The van der Waals surface area contributed by atoms with Crippen molar-refractivity contribution in [2.75, 3.05) is 23.9 Å². The summed E-state index contributed by atoms with van der Waals surface area (Å²) in [5, 5.41) is 3.44. The fraction of sp³-hybridized carbons (Fsp3) is 0.188. The van der Waals surface area contributed by atoms with E-state index in [2.05, 4.69) is 5.32 Å². The van der Waals surface area contributed by atoms with Crippen molar-refractivity contribution in [1.82, 2.24) is 0 Å². The van der Waals surface area contributed by atoms with E-state index in [1.807, 2.05) is 0 Å². The lowest BCUT2D eigenvalue weighted by molar-refractivity contribution is 0.102.